The van der Waals surface area contributed by atoms with Crippen LogP contribution in [0.4, 0.5) is 10.8 Å². The molecule has 144 valence electrons. The first-order valence-electron chi connectivity index (χ1n) is 8.44. The monoisotopic (exact) mass is 433 g/mol. The van der Waals surface area contributed by atoms with Gasteiger partial charge < -0.3 is 10.6 Å². The fourth-order valence-electron chi connectivity index (χ4n) is 2.56. The first-order chi connectivity index (χ1) is 13.4. The van der Waals surface area contributed by atoms with Crippen LogP contribution in [-0.4, -0.2) is 16.8 Å². The average molecular weight is 434 g/mol. The molecule has 28 heavy (non-hydrogen) atoms. The van der Waals surface area contributed by atoms with Crippen LogP contribution >= 0.6 is 34.5 Å². The van der Waals surface area contributed by atoms with Crippen molar-refractivity contribution in [3.05, 3.63) is 74.7 Å². The second-order valence-electron chi connectivity index (χ2n) is 6.15. The van der Waals surface area contributed by atoms with Crippen molar-refractivity contribution in [2.75, 3.05) is 10.6 Å². The fraction of sp³-hybridized carbons (Fsp3) is 0.150. The zero-order valence-electron chi connectivity index (χ0n) is 15.0. The third-order valence-electron chi connectivity index (χ3n) is 3.82. The molecule has 2 N–H and O–H groups in total. The lowest BCUT2D eigenvalue weighted by Crippen LogP contribution is -2.14. The van der Waals surface area contributed by atoms with E-state index in [-0.39, 0.29) is 18.2 Å². The minimum atomic E-state index is -0.155. The highest BCUT2D eigenvalue weighted by Crippen LogP contribution is 2.27. The Morgan fingerprint density at radius 3 is 2.50 bits per heavy atom. The summed E-state index contributed by atoms with van der Waals surface area (Å²) in [5.41, 5.74) is 2.49. The normalized spacial score (nSPS) is 10.5. The van der Waals surface area contributed by atoms with E-state index in [0.717, 1.165) is 16.0 Å². The number of aromatic nitrogens is 1. The molecule has 0 radical (unpaired) electrons. The van der Waals surface area contributed by atoms with E-state index in [1.165, 1.54) is 18.3 Å². The summed E-state index contributed by atoms with van der Waals surface area (Å²) in [6.07, 6.45) is 2.57. The van der Waals surface area contributed by atoms with E-state index in [9.17, 15) is 9.59 Å². The molecule has 3 rings (SSSR count). The Balaban J connectivity index is 1.57. The molecule has 0 fully saturated rings. The molecule has 0 saturated heterocycles. The molecular weight excluding hydrogens is 417 g/mol. The molecule has 0 aliphatic carbocycles. The number of carbonyl (C=O) groups is 2. The molecule has 0 spiro atoms. The Kier molecular flexibility index (Phi) is 6.67. The van der Waals surface area contributed by atoms with Crippen LogP contribution in [0.2, 0.25) is 10.0 Å². The van der Waals surface area contributed by atoms with Crippen molar-refractivity contribution < 1.29 is 9.59 Å². The van der Waals surface area contributed by atoms with Gasteiger partial charge in [-0.1, -0.05) is 41.4 Å². The first-order valence-corrected chi connectivity index (χ1v) is 10.0. The second-order valence-corrected chi connectivity index (χ2v) is 8.11. The van der Waals surface area contributed by atoms with Crippen LogP contribution in [0, 0.1) is 0 Å². The van der Waals surface area contributed by atoms with Gasteiger partial charge in [0.25, 0.3) is 0 Å². The number of halogens is 2. The van der Waals surface area contributed by atoms with Gasteiger partial charge in [0.05, 0.1) is 6.42 Å². The average Bonchev–Trinajstić information content (AvgIpc) is 3.05. The lowest BCUT2D eigenvalue weighted by Gasteiger charge is -2.05. The quantitative estimate of drug-likeness (QED) is 0.562. The Labute approximate surface area is 176 Å². The fourth-order valence-corrected chi connectivity index (χ4v) is 3.88. The number of amides is 2. The Morgan fingerprint density at radius 2 is 1.82 bits per heavy atom. The zero-order valence-corrected chi connectivity index (χ0v) is 17.3. The molecular formula is C20H17Cl2N3O2S. The predicted molar refractivity (Wildman–Crippen MR) is 114 cm³/mol. The summed E-state index contributed by atoms with van der Waals surface area (Å²) in [5, 5.41) is 7.24. The van der Waals surface area contributed by atoms with Gasteiger partial charge in [-0.2, -0.15) is 0 Å². The molecule has 0 saturated carbocycles. The van der Waals surface area contributed by atoms with Crippen molar-refractivity contribution in [3.8, 4) is 0 Å². The summed E-state index contributed by atoms with van der Waals surface area (Å²) in [5.74, 6) is -0.289. The van der Waals surface area contributed by atoms with E-state index in [2.05, 4.69) is 15.6 Å². The van der Waals surface area contributed by atoms with E-state index >= 15 is 0 Å². The summed E-state index contributed by atoms with van der Waals surface area (Å²) in [7, 11) is 0. The molecule has 2 amide bonds. The van der Waals surface area contributed by atoms with Gasteiger partial charge in [0.15, 0.2) is 5.13 Å². The lowest BCUT2D eigenvalue weighted by molar-refractivity contribution is -0.116. The standard InChI is InChI=1S/C20H17Cl2N3O2S/c1-12(26)24-16-6-2-13(3-7-16)8-19(27)25-20-23-11-17(28-20)9-14-4-5-15(21)10-18(14)22/h2-7,10-11H,8-9H2,1H3,(H,24,26)(H,23,25,27). The van der Waals surface area contributed by atoms with Crippen molar-refractivity contribution in [2.45, 2.75) is 19.8 Å². The Hall–Kier alpha value is -2.41. The van der Waals surface area contributed by atoms with E-state index in [0.29, 0.717) is 27.3 Å². The molecule has 0 bridgehead atoms. The van der Waals surface area contributed by atoms with Crippen LogP contribution in [0.5, 0.6) is 0 Å². The number of hydrogen-bond donors (Lipinski definition) is 2. The molecule has 0 aliphatic rings. The van der Waals surface area contributed by atoms with Gasteiger partial charge in [-0.05, 0) is 35.4 Å². The van der Waals surface area contributed by atoms with Gasteiger partial charge in [-0.15, -0.1) is 11.3 Å². The van der Waals surface area contributed by atoms with Crippen LogP contribution in [-0.2, 0) is 22.4 Å². The number of nitrogens with one attached hydrogen (secondary N) is 2. The van der Waals surface area contributed by atoms with E-state index in [1.807, 2.05) is 6.07 Å². The largest absolute Gasteiger partial charge is 0.326 e. The van der Waals surface area contributed by atoms with Gasteiger partial charge >= 0.3 is 0 Å². The summed E-state index contributed by atoms with van der Waals surface area (Å²) in [6, 6.07) is 12.5. The molecule has 1 heterocycles. The van der Waals surface area contributed by atoms with Gasteiger partial charge in [-0.25, -0.2) is 4.98 Å². The van der Waals surface area contributed by atoms with Crippen LogP contribution in [0.1, 0.15) is 22.9 Å². The third-order valence-corrected chi connectivity index (χ3v) is 5.32. The van der Waals surface area contributed by atoms with Gasteiger partial charge in [0, 0.05) is 40.2 Å². The summed E-state index contributed by atoms with van der Waals surface area (Å²) >= 11 is 13.5. The number of rotatable bonds is 6. The van der Waals surface area contributed by atoms with E-state index in [4.69, 9.17) is 23.2 Å². The molecule has 0 atom stereocenters. The highest BCUT2D eigenvalue weighted by atomic mass is 35.5. The maximum Gasteiger partial charge on any atom is 0.230 e. The number of carbonyl (C=O) groups excluding carboxylic acids is 2. The van der Waals surface area contributed by atoms with Gasteiger partial charge in [0.1, 0.15) is 0 Å². The van der Waals surface area contributed by atoms with Crippen LogP contribution in [0.25, 0.3) is 0 Å². The molecule has 0 aliphatic heterocycles. The zero-order chi connectivity index (χ0) is 20.1. The molecule has 5 nitrogen and oxygen atoms in total. The minimum Gasteiger partial charge on any atom is -0.326 e. The predicted octanol–water partition coefficient (Wildman–Crippen LogP) is 5.18. The number of hydrogen-bond acceptors (Lipinski definition) is 4. The number of thiazole rings is 1. The third kappa shape index (κ3) is 5.79. The van der Waals surface area contributed by atoms with Crippen molar-refractivity contribution >= 4 is 57.2 Å². The maximum atomic E-state index is 12.3. The maximum absolute atomic E-state index is 12.3. The van der Waals surface area contributed by atoms with Crippen LogP contribution < -0.4 is 10.6 Å². The smallest absolute Gasteiger partial charge is 0.230 e. The summed E-state index contributed by atoms with van der Waals surface area (Å²) in [4.78, 5) is 28.5. The van der Waals surface area contributed by atoms with Crippen LogP contribution in [0.15, 0.2) is 48.7 Å². The highest BCUT2D eigenvalue weighted by molar-refractivity contribution is 7.15. The van der Waals surface area contributed by atoms with Crippen molar-refractivity contribution in [3.63, 3.8) is 0 Å². The van der Waals surface area contributed by atoms with E-state index < -0.39 is 0 Å². The summed E-state index contributed by atoms with van der Waals surface area (Å²) < 4.78 is 0. The Morgan fingerprint density at radius 1 is 1.07 bits per heavy atom. The van der Waals surface area contributed by atoms with Gasteiger partial charge in [0.2, 0.25) is 11.8 Å². The Bertz CT molecular complexity index is 1000. The SMILES string of the molecule is CC(=O)Nc1ccc(CC(=O)Nc2ncc(Cc3ccc(Cl)cc3Cl)s2)cc1. The van der Waals surface area contributed by atoms with Crippen molar-refractivity contribution in [1.29, 1.82) is 0 Å². The van der Waals surface area contributed by atoms with Crippen LogP contribution in [0.3, 0.4) is 0 Å². The second kappa shape index (κ2) is 9.19. The molecule has 0 unspecified atom stereocenters. The number of anilines is 2. The summed E-state index contributed by atoms with van der Waals surface area (Å²) in [6.45, 7) is 1.45. The number of nitrogens with zero attached hydrogens (tertiary/aromatic N) is 1. The highest BCUT2D eigenvalue weighted by Gasteiger charge is 2.10. The molecule has 1 aromatic heterocycles. The van der Waals surface area contributed by atoms with Crippen molar-refractivity contribution in [2.24, 2.45) is 0 Å². The molecule has 2 aromatic carbocycles. The molecule has 3 aromatic rings. The molecule has 8 heteroatoms. The van der Waals surface area contributed by atoms with E-state index in [1.54, 1.807) is 42.6 Å². The van der Waals surface area contributed by atoms with Crippen molar-refractivity contribution in [1.82, 2.24) is 4.98 Å². The number of benzene rings is 2. The van der Waals surface area contributed by atoms with Gasteiger partial charge in [-0.3, -0.25) is 9.59 Å². The topological polar surface area (TPSA) is 71.1 Å². The first kappa shape index (κ1) is 20.3. The minimum absolute atomic E-state index is 0.134. The lowest BCUT2D eigenvalue weighted by atomic mass is 10.1.